The Bertz CT molecular complexity index is 711. The van der Waals surface area contributed by atoms with Crippen LogP contribution < -0.4 is 0 Å². The van der Waals surface area contributed by atoms with Gasteiger partial charge in [0.15, 0.2) is 0 Å². The van der Waals surface area contributed by atoms with Crippen molar-refractivity contribution < 1.29 is 9.59 Å². The summed E-state index contributed by atoms with van der Waals surface area (Å²) in [5, 5.41) is 1.95. The summed E-state index contributed by atoms with van der Waals surface area (Å²) in [7, 11) is 0. The van der Waals surface area contributed by atoms with Gasteiger partial charge in [-0.15, -0.1) is 11.3 Å². The lowest BCUT2D eigenvalue weighted by atomic mass is 10.0. The third-order valence-electron chi connectivity index (χ3n) is 4.33. The summed E-state index contributed by atoms with van der Waals surface area (Å²) in [5.41, 5.74) is 2.09. The monoisotopic (exact) mass is 328 g/mol. The normalized spacial score (nSPS) is 18.1. The molecule has 0 saturated carbocycles. The summed E-state index contributed by atoms with van der Waals surface area (Å²) in [6.45, 7) is 5.26. The molecule has 0 radical (unpaired) electrons. The van der Waals surface area contributed by atoms with Gasteiger partial charge in [-0.3, -0.25) is 9.59 Å². The van der Waals surface area contributed by atoms with E-state index in [1.165, 1.54) is 11.3 Å². The Morgan fingerprint density at radius 1 is 1.13 bits per heavy atom. The molecule has 1 aliphatic rings. The van der Waals surface area contributed by atoms with Crippen LogP contribution in [0, 0.1) is 6.92 Å². The third-order valence-corrected chi connectivity index (χ3v) is 5.33. The van der Waals surface area contributed by atoms with E-state index in [-0.39, 0.29) is 17.9 Å². The molecule has 1 atom stereocenters. The van der Waals surface area contributed by atoms with Crippen molar-refractivity contribution in [3.8, 4) is 0 Å². The second kappa shape index (κ2) is 6.54. The van der Waals surface area contributed by atoms with Gasteiger partial charge in [-0.1, -0.05) is 30.3 Å². The van der Waals surface area contributed by atoms with Gasteiger partial charge in [0.1, 0.15) is 0 Å². The van der Waals surface area contributed by atoms with Crippen molar-refractivity contribution >= 4 is 23.2 Å². The van der Waals surface area contributed by atoms with E-state index in [1.54, 1.807) is 6.92 Å². The largest absolute Gasteiger partial charge is 0.339 e. The smallest absolute Gasteiger partial charge is 0.264 e. The van der Waals surface area contributed by atoms with E-state index in [1.807, 2.05) is 58.5 Å². The maximum atomic E-state index is 13.0. The maximum Gasteiger partial charge on any atom is 0.264 e. The maximum absolute atomic E-state index is 13.0. The summed E-state index contributed by atoms with van der Waals surface area (Å²) in [6.07, 6.45) is 0. The first kappa shape index (κ1) is 15.7. The average Bonchev–Trinajstić information content (AvgIpc) is 3.00. The van der Waals surface area contributed by atoms with Gasteiger partial charge >= 0.3 is 0 Å². The number of thiophene rings is 1. The van der Waals surface area contributed by atoms with Crippen LogP contribution in [-0.4, -0.2) is 41.2 Å². The number of hydrogen-bond acceptors (Lipinski definition) is 3. The van der Waals surface area contributed by atoms with Crippen LogP contribution in [0.15, 0.2) is 41.8 Å². The molecule has 120 valence electrons. The first-order chi connectivity index (χ1) is 11.1. The van der Waals surface area contributed by atoms with Crippen LogP contribution in [0.5, 0.6) is 0 Å². The lowest BCUT2D eigenvalue weighted by Crippen LogP contribution is -2.51. The minimum Gasteiger partial charge on any atom is -0.339 e. The van der Waals surface area contributed by atoms with E-state index in [0.717, 1.165) is 16.0 Å². The van der Waals surface area contributed by atoms with E-state index >= 15 is 0 Å². The molecule has 4 nitrogen and oxygen atoms in total. The van der Waals surface area contributed by atoms with Crippen molar-refractivity contribution in [3.63, 3.8) is 0 Å². The van der Waals surface area contributed by atoms with Crippen LogP contribution in [0.3, 0.4) is 0 Å². The number of amides is 2. The van der Waals surface area contributed by atoms with Gasteiger partial charge in [-0.05, 0) is 29.5 Å². The molecule has 0 N–H and O–H groups in total. The zero-order valence-electron chi connectivity index (χ0n) is 13.4. The first-order valence-corrected chi connectivity index (χ1v) is 8.61. The number of rotatable bonds is 2. The van der Waals surface area contributed by atoms with Crippen molar-refractivity contribution in [2.75, 3.05) is 19.6 Å². The van der Waals surface area contributed by atoms with Gasteiger partial charge in [0.05, 0.1) is 10.9 Å². The van der Waals surface area contributed by atoms with Gasteiger partial charge < -0.3 is 9.80 Å². The van der Waals surface area contributed by atoms with E-state index < -0.39 is 0 Å². The van der Waals surface area contributed by atoms with E-state index in [9.17, 15) is 9.59 Å². The number of nitrogens with zero attached hydrogens (tertiary/aromatic N) is 2. The third kappa shape index (κ3) is 3.15. The van der Waals surface area contributed by atoms with Crippen LogP contribution in [0.4, 0.5) is 0 Å². The Kier molecular flexibility index (Phi) is 4.48. The molecule has 2 aromatic rings. The quantitative estimate of drug-likeness (QED) is 0.850. The van der Waals surface area contributed by atoms with E-state index in [0.29, 0.717) is 19.6 Å². The number of aryl methyl sites for hydroxylation is 1. The molecule has 3 rings (SSSR count). The standard InChI is InChI=1S/C18H20N2O2S/c1-13-8-11-23-17(13)18(22)20-10-9-19(14(2)21)12-16(20)15-6-4-3-5-7-15/h3-8,11,16H,9-10,12H2,1-2H3/t16-/m0/s1. The highest BCUT2D eigenvalue weighted by molar-refractivity contribution is 7.12. The minimum absolute atomic E-state index is 0.0605. The highest BCUT2D eigenvalue weighted by Gasteiger charge is 2.33. The number of carbonyl (C=O) groups excluding carboxylic acids is 2. The Balaban J connectivity index is 1.92. The SMILES string of the molecule is CC(=O)N1CCN(C(=O)c2sccc2C)[C@H](c2ccccc2)C1. The lowest BCUT2D eigenvalue weighted by Gasteiger charge is -2.41. The first-order valence-electron chi connectivity index (χ1n) is 7.73. The van der Waals surface area contributed by atoms with Crippen LogP contribution in [0.2, 0.25) is 0 Å². The lowest BCUT2D eigenvalue weighted by molar-refractivity contribution is -0.131. The van der Waals surface area contributed by atoms with Gasteiger partial charge in [-0.2, -0.15) is 0 Å². The Hall–Kier alpha value is -2.14. The second-order valence-electron chi connectivity index (χ2n) is 5.82. The molecule has 1 saturated heterocycles. The number of carbonyl (C=O) groups is 2. The van der Waals surface area contributed by atoms with E-state index in [4.69, 9.17) is 0 Å². The predicted molar refractivity (Wildman–Crippen MR) is 91.5 cm³/mol. The Labute approximate surface area is 140 Å². The predicted octanol–water partition coefficient (Wildman–Crippen LogP) is 3.10. The summed E-state index contributed by atoms with van der Waals surface area (Å²) < 4.78 is 0. The molecular weight excluding hydrogens is 308 g/mol. The highest BCUT2D eigenvalue weighted by Crippen LogP contribution is 2.29. The van der Waals surface area contributed by atoms with Crippen molar-refractivity contribution in [3.05, 3.63) is 57.8 Å². The van der Waals surface area contributed by atoms with Crippen molar-refractivity contribution in [1.82, 2.24) is 9.80 Å². The van der Waals surface area contributed by atoms with Gasteiger partial charge in [0.25, 0.3) is 5.91 Å². The van der Waals surface area contributed by atoms with Crippen LogP contribution in [0.1, 0.15) is 33.8 Å². The molecule has 0 bridgehead atoms. The van der Waals surface area contributed by atoms with Gasteiger partial charge in [0.2, 0.25) is 5.91 Å². The number of hydrogen-bond donors (Lipinski definition) is 0. The minimum atomic E-state index is -0.0946. The molecule has 1 aromatic heterocycles. The van der Waals surface area contributed by atoms with E-state index in [2.05, 4.69) is 0 Å². The fourth-order valence-electron chi connectivity index (χ4n) is 2.99. The van der Waals surface area contributed by atoms with Crippen LogP contribution in [-0.2, 0) is 4.79 Å². The molecule has 23 heavy (non-hydrogen) atoms. The van der Waals surface area contributed by atoms with Crippen LogP contribution >= 0.6 is 11.3 Å². The molecule has 0 spiro atoms. The number of piperazine rings is 1. The molecule has 1 fully saturated rings. The molecule has 1 aromatic carbocycles. The van der Waals surface area contributed by atoms with Crippen molar-refractivity contribution in [2.24, 2.45) is 0 Å². The van der Waals surface area contributed by atoms with Crippen molar-refractivity contribution in [1.29, 1.82) is 0 Å². The molecule has 2 heterocycles. The average molecular weight is 328 g/mol. The number of benzene rings is 1. The molecule has 0 unspecified atom stereocenters. The summed E-state index contributed by atoms with van der Waals surface area (Å²) in [5.74, 6) is 0.125. The zero-order valence-corrected chi connectivity index (χ0v) is 14.2. The van der Waals surface area contributed by atoms with Gasteiger partial charge in [-0.25, -0.2) is 0 Å². The van der Waals surface area contributed by atoms with Crippen molar-refractivity contribution in [2.45, 2.75) is 19.9 Å². The molecule has 0 aliphatic carbocycles. The fourth-order valence-corrected chi connectivity index (χ4v) is 3.88. The fraction of sp³-hybridized carbons (Fsp3) is 0.333. The second-order valence-corrected chi connectivity index (χ2v) is 6.74. The topological polar surface area (TPSA) is 40.6 Å². The molecule has 2 amide bonds. The molecule has 1 aliphatic heterocycles. The Morgan fingerprint density at radius 3 is 2.48 bits per heavy atom. The Morgan fingerprint density at radius 2 is 1.87 bits per heavy atom. The highest BCUT2D eigenvalue weighted by atomic mass is 32.1. The summed E-state index contributed by atoms with van der Waals surface area (Å²) in [6, 6.07) is 11.8. The summed E-state index contributed by atoms with van der Waals surface area (Å²) in [4.78, 5) is 29.3. The van der Waals surface area contributed by atoms with Gasteiger partial charge in [0, 0.05) is 26.6 Å². The molecular formula is C18H20N2O2S. The molecule has 5 heteroatoms. The summed E-state index contributed by atoms with van der Waals surface area (Å²) >= 11 is 1.48. The van der Waals surface area contributed by atoms with Crippen LogP contribution in [0.25, 0.3) is 0 Å². The zero-order chi connectivity index (χ0) is 16.4.